The molecule has 2 aromatic carbocycles. The zero-order valence-corrected chi connectivity index (χ0v) is 10.8. The number of benzene rings is 2. The van der Waals surface area contributed by atoms with Crippen molar-refractivity contribution in [2.45, 2.75) is 6.42 Å². The van der Waals surface area contributed by atoms with Crippen molar-refractivity contribution in [2.24, 2.45) is 0 Å². The molecule has 2 rings (SSSR count). The van der Waals surface area contributed by atoms with Crippen molar-refractivity contribution in [3.05, 3.63) is 47.5 Å². The summed E-state index contributed by atoms with van der Waals surface area (Å²) in [4.78, 5) is 12.1. The van der Waals surface area contributed by atoms with Gasteiger partial charge in [0.05, 0.1) is 7.11 Å². The molecule has 0 unspecified atom stereocenters. The summed E-state index contributed by atoms with van der Waals surface area (Å²) < 4.78 is 5.02. The minimum absolute atomic E-state index is 0.0237. The molecule has 0 saturated heterocycles. The van der Waals surface area contributed by atoms with E-state index in [0.717, 1.165) is 17.7 Å². The Labute approximate surface area is 115 Å². The molecule has 0 spiro atoms. The van der Waals surface area contributed by atoms with Gasteiger partial charge in [0, 0.05) is 18.6 Å². The molecule has 2 aromatic rings. The van der Waals surface area contributed by atoms with Crippen LogP contribution < -0.4 is 4.74 Å². The van der Waals surface area contributed by atoms with E-state index in [2.05, 4.69) is 0 Å². The molecule has 0 amide bonds. The molecular weight excluding hydrogens is 261 g/mol. The van der Waals surface area contributed by atoms with Crippen LogP contribution in [0.5, 0.6) is 23.0 Å². The van der Waals surface area contributed by atoms with E-state index in [-0.39, 0.29) is 17.7 Å². The van der Waals surface area contributed by atoms with Crippen LogP contribution in [0.25, 0.3) is 0 Å². The molecule has 0 aromatic heterocycles. The topological polar surface area (TPSA) is 87.0 Å². The van der Waals surface area contributed by atoms with Gasteiger partial charge >= 0.3 is 0 Å². The van der Waals surface area contributed by atoms with Crippen LogP contribution in [0.15, 0.2) is 36.4 Å². The van der Waals surface area contributed by atoms with Crippen molar-refractivity contribution >= 4 is 5.78 Å². The summed E-state index contributed by atoms with van der Waals surface area (Å²) in [5, 5.41) is 28.5. The quantitative estimate of drug-likeness (QED) is 0.588. The van der Waals surface area contributed by atoms with E-state index < -0.39 is 17.3 Å². The van der Waals surface area contributed by atoms with Gasteiger partial charge in [0.1, 0.15) is 28.6 Å². The Bertz CT molecular complexity index is 608. The van der Waals surface area contributed by atoms with Crippen molar-refractivity contribution in [3.8, 4) is 23.0 Å². The Kier molecular flexibility index (Phi) is 3.79. The standard InChI is InChI=1S/C15H14O5/c1-20-11-4-2-9(3-5-11)6-12(17)15-13(18)7-10(16)8-14(15)19/h2-5,7-8,16,18-19H,6H2,1H3/i12+1. The second-order valence-electron chi connectivity index (χ2n) is 4.31. The predicted octanol–water partition coefficient (Wildman–Crippen LogP) is 2.24. The molecule has 0 radical (unpaired) electrons. The van der Waals surface area contributed by atoms with Crippen molar-refractivity contribution in [3.63, 3.8) is 0 Å². The number of carbonyl (C=O) groups excluding carboxylic acids is 1. The number of methoxy groups -OCH3 is 1. The van der Waals surface area contributed by atoms with Gasteiger partial charge in [-0.25, -0.2) is 0 Å². The second-order valence-corrected chi connectivity index (χ2v) is 4.31. The smallest absolute Gasteiger partial charge is 0.174 e. The summed E-state index contributed by atoms with van der Waals surface area (Å²) >= 11 is 0. The number of phenolic OH excluding ortho intramolecular Hbond substituents is 3. The van der Waals surface area contributed by atoms with Gasteiger partial charge in [0.2, 0.25) is 0 Å². The Morgan fingerprint density at radius 1 is 1.05 bits per heavy atom. The van der Waals surface area contributed by atoms with Crippen LogP contribution in [-0.4, -0.2) is 28.2 Å². The Morgan fingerprint density at radius 2 is 1.60 bits per heavy atom. The molecular formula is C15H14O5. The first-order valence-electron chi connectivity index (χ1n) is 5.92. The summed E-state index contributed by atoms with van der Waals surface area (Å²) in [5.74, 6) is -0.954. The Hall–Kier alpha value is -2.69. The molecule has 0 aliphatic carbocycles. The molecule has 0 heterocycles. The van der Waals surface area contributed by atoms with Crippen LogP contribution in [0.3, 0.4) is 0 Å². The monoisotopic (exact) mass is 275 g/mol. The third kappa shape index (κ3) is 2.83. The number of hydrogen-bond acceptors (Lipinski definition) is 5. The fraction of sp³-hybridized carbons (Fsp3) is 0.133. The van der Waals surface area contributed by atoms with E-state index in [0.29, 0.717) is 5.75 Å². The SMILES string of the molecule is COc1ccc(C[13C](=O)c2c(O)cc(O)cc2O)cc1. The number of carbonyl (C=O) groups is 1. The van der Waals surface area contributed by atoms with Gasteiger partial charge < -0.3 is 20.1 Å². The summed E-state index contributed by atoms with van der Waals surface area (Å²) in [6.45, 7) is 0. The lowest BCUT2D eigenvalue weighted by Gasteiger charge is -2.08. The molecule has 104 valence electrons. The lowest BCUT2D eigenvalue weighted by molar-refractivity contribution is 0.0987. The first-order valence-corrected chi connectivity index (χ1v) is 5.92. The molecule has 5 nitrogen and oxygen atoms in total. The lowest BCUT2D eigenvalue weighted by atomic mass is 10.1. The predicted molar refractivity (Wildman–Crippen MR) is 72.5 cm³/mol. The number of ketones is 1. The van der Waals surface area contributed by atoms with Gasteiger partial charge in [-0.2, -0.15) is 0 Å². The highest BCUT2D eigenvalue weighted by Gasteiger charge is 2.18. The molecule has 0 atom stereocenters. The molecule has 20 heavy (non-hydrogen) atoms. The zero-order chi connectivity index (χ0) is 14.7. The van der Waals surface area contributed by atoms with E-state index in [1.54, 1.807) is 31.4 Å². The van der Waals surface area contributed by atoms with Crippen LogP contribution in [-0.2, 0) is 6.42 Å². The normalized spacial score (nSPS) is 10.2. The minimum atomic E-state index is -0.444. The third-order valence-electron chi connectivity index (χ3n) is 2.88. The van der Waals surface area contributed by atoms with Gasteiger partial charge in [-0.15, -0.1) is 0 Å². The van der Waals surface area contributed by atoms with Crippen LogP contribution in [0.4, 0.5) is 0 Å². The summed E-state index contributed by atoms with van der Waals surface area (Å²) in [5.41, 5.74) is 0.529. The van der Waals surface area contributed by atoms with E-state index >= 15 is 0 Å². The van der Waals surface area contributed by atoms with Crippen LogP contribution in [0.2, 0.25) is 0 Å². The lowest BCUT2D eigenvalue weighted by Crippen LogP contribution is -2.04. The van der Waals surface area contributed by atoms with Crippen LogP contribution in [0, 0.1) is 0 Å². The number of phenols is 3. The fourth-order valence-corrected chi connectivity index (χ4v) is 1.90. The molecule has 3 N–H and O–H groups in total. The first-order chi connectivity index (χ1) is 9.51. The summed E-state index contributed by atoms with van der Waals surface area (Å²) in [7, 11) is 1.55. The van der Waals surface area contributed by atoms with E-state index in [9.17, 15) is 20.1 Å². The van der Waals surface area contributed by atoms with Crippen molar-refractivity contribution < 1.29 is 24.9 Å². The zero-order valence-electron chi connectivity index (χ0n) is 10.8. The van der Waals surface area contributed by atoms with E-state index in [1.807, 2.05) is 0 Å². The van der Waals surface area contributed by atoms with Gasteiger partial charge in [-0.3, -0.25) is 4.79 Å². The number of Topliss-reactive ketones (excluding diaryl/α,β-unsaturated/α-hetero) is 1. The average molecular weight is 275 g/mol. The third-order valence-corrected chi connectivity index (χ3v) is 2.88. The maximum Gasteiger partial charge on any atom is 0.174 e. The van der Waals surface area contributed by atoms with Gasteiger partial charge in [-0.1, -0.05) is 12.1 Å². The highest BCUT2D eigenvalue weighted by atomic mass is 16.5. The van der Waals surface area contributed by atoms with Crippen molar-refractivity contribution in [1.82, 2.24) is 0 Å². The average Bonchev–Trinajstić information content (AvgIpc) is 2.38. The molecule has 5 heteroatoms. The second kappa shape index (κ2) is 5.52. The van der Waals surface area contributed by atoms with Gasteiger partial charge in [-0.05, 0) is 17.7 Å². The van der Waals surface area contributed by atoms with Gasteiger partial charge in [0.25, 0.3) is 0 Å². The molecule has 0 aliphatic heterocycles. The number of rotatable bonds is 4. The minimum Gasteiger partial charge on any atom is -0.508 e. The number of hydrogen-bond donors (Lipinski definition) is 3. The van der Waals surface area contributed by atoms with Crippen molar-refractivity contribution in [2.75, 3.05) is 7.11 Å². The highest BCUT2D eigenvalue weighted by Crippen LogP contribution is 2.32. The highest BCUT2D eigenvalue weighted by molar-refractivity contribution is 6.02. The maximum absolute atomic E-state index is 12.1. The molecule has 0 bridgehead atoms. The summed E-state index contributed by atoms with van der Waals surface area (Å²) in [6.07, 6.45) is 0.0237. The van der Waals surface area contributed by atoms with Gasteiger partial charge in [0.15, 0.2) is 5.78 Å². The number of ether oxygens (including phenoxy) is 1. The number of aromatic hydroxyl groups is 3. The molecule has 0 saturated carbocycles. The Balaban J connectivity index is 2.23. The Morgan fingerprint density at radius 3 is 2.10 bits per heavy atom. The van der Waals surface area contributed by atoms with E-state index in [1.165, 1.54) is 0 Å². The molecule has 0 aliphatic rings. The van der Waals surface area contributed by atoms with E-state index in [4.69, 9.17) is 4.74 Å². The largest absolute Gasteiger partial charge is 0.508 e. The van der Waals surface area contributed by atoms with Crippen molar-refractivity contribution in [1.29, 1.82) is 0 Å². The fourth-order valence-electron chi connectivity index (χ4n) is 1.90. The summed E-state index contributed by atoms with van der Waals surface area (Å²) in [6, 6.07) is 8.93. The molecule has 0 fully saturated rings. The van der Waals surface area contributed by atoms with Crippen LogP contribution >= 0.6 is 0 Å². The maximum atomic E-state index is 12.1. The van der Waals surface area contributed by atoms with Crippen LogP contribution in [0.1, 0.15) is 15.9 Å². The first kappa shape index (κ1) is 13.7.